The third-order valence-electron chi connectivity index (χ3n) is 8.58. The number of nitrogens with zero attached hydrogens (tertiary/aromatic N) is 5. The molecule has 2 aromatic carbocycles. The topological polar surface area (TPSA) is 72.6 Å². The van der Waals surface area contributed by atoms with Gasteiger partial charge in [0.2, 0.25) is 5.91 Å². The molecule has 0 radical (unpaired) electrons. The first-order chi connectivity index (χ1) is 19.6. The molecule has 2 aliphatic rings. The Bertz CT molecular complexity index is 1510. The molecular weight excluding hydrogens is 502 g/mol. The normalized spacial score (nSPS) is 17.4. The number of rotatable bonds is 7. The van der Waals surface area contributed by atoms with E-state index in [-0.39, 0.29) is 23.6 Å². The molecule has 2 aromatic heterocycles. The maximum absolute atomic E-state index is 13.8. The van der Waals surface area contributed by atoms with Crippen LogP contribution in [0.25, 0.3) is 11.0 Å². The number of likely N-dealkylation sites (tertiary alicyclic amines) is 2. The molecule has 0 unspecified atom stereocenters. The lowest BCUT2D eigenvalue weighted by Crippen LogP contribution is -2.46. The highest BCUT2D eigenvalue weighted by Crippen LogP contribution is 2.29. The molecule has 4 heterocycles. The van der Waals surface area contributed by atoms with Gasteiger partial charge in [-0.1, -0.05) is 24.3 Å². The summed E-state index contributed by atoms with van der Waals surface area (Å²) in [6, 6.07) is 20.1. The fourth-order valence-corrected chi connectivity index (χ4v) is 6.38. The van der Waals surface area contributed by atoms with E-state index in [2.05, 4.69) is 22.0 Å². The van der Waals surface area contributed by atoms with Crippen LogP contribution in [0.4, 0.5) is 0 Å². The van der Waals surface area contributed by atoms with Gasteiger partial charge in [-0.05, 0) is 86.3 Å². The predicted molar refractivity (Wildman–Crippen MR) is 155 cm³/mol. The van der Waals surface area contributed by atoms with Gasteiger partial charge >= 0.3 is 5.69 Å². The fourth-order valence-electron chi connectivity index (χ4n) is 6.38. The summed E-state index contributed by atoms with van der Waals surface area (Å²) in [6.07, 6.45) is 7.06. The van der Waals surface area contributed by atoms with Crippen LogP contribution in [0.15, 0.2) is 77.9 Å². The second kappa shape index (κ2) is 11.7. The van der Waals surface area contributed by atoms with Gasteiger partial charge < -0.3 is 9.64 Å². The summed E-state index contributed by atoms with van der Waals surface area (Å²) in [6.45, 7) is 4.68. The summed E-state index contributed by atoms with van der Waals surface area (Å²) >= 11 is 0. The quantitative estimate of drug-likeness (QED) is 0.350. The van der Waals surface area contributed by atoms with Crippen LogP contribution in [-0.4, -0.2) is 63.1 Å². The first-order valence-electron chi connectivity index (χ1n) is 14.3. The van der Waals surface area contributed by atoms with E-state index in [0.717, 1.165) is 67.7 Å². The fraction of sp³-hybridized carbons (Fsp3) is 0.406. The summed E-state index contributed by atoms with van der Waals surface area (Å²) in [4.78, 5) is 35.8. The molecule has 2 saturated heterocycles. The van der Waals surface area contributed by atoms with Gasteiger partial charge in [0.25, 0.3) is 0 Å². The number of fused-ring (bicyclic) bond motifs is 1. The van der Waals surface area contributed by atoms with Gasteiger partial charge in [-0.15, -0.1) is 0 Å². The SMILES string of the molecule is COc1cccc(Cn2c(=O)n(C3CCN(C(=O)C4CCN(Cc5ccncc5)CC4)CC3)c3ccccc32)c1. The van der Waals surface area contributed by atoms with Crippen molar-refractivity contribution in [1.29, 1.82) is 0 Å². The summed E-state index contributed by atoms with van der Waals surface area (Å²) in [5.41, 5.74) is 4.20. The lowest BCUT2D eigenvalue weighted by atomic mass is 9.93. The van der Waals surface area contributed by atoms with Crippen molar-refractivity contribution in [3.8, 4) is 5.75 Å². The number of ether oxygens (including phenoxy) is 1. The Labute approximate surface area is 234 Å². The molecule has 0 aliphatic carbocycles. The molecule has 0 saturated carbocycles. The van der Waals surface area contributed by atoms with Crippen LogP contribution in [-0.2, 0) is 17.9 Å². The molecule has 8 heteroatoms. The van der Waals surface area contributed by atoms with Crippen LogP contribution < -0.4 is 10.4 Å². The Morgan fingerprint density at radius 2 is 1.57 bits per heavy atom. The Morgan fingerprint density at radius 3 is 2.30 bits per heavy atom. The highest BCUT2D eigenvalue weighted by atomic mass is 16.5. The van der Waals surface area contributed by atoms with Crippen molar-refractivity contribution >= 4 is 16.9 Å². The van der Waals surface area contributed by atoms with Crippen molar-refractivity contribution in [3.05, 3.63) is 94.7 Å². The molecule has 1 amide bonds. The molecule has 2 fully saturated rings. The second-order valence-electron chi connectivity index (χ2n) is 11.0. The molecule has 40 heavy (non-hydrogen) atoms. The van der Waals surface area contributed by atoms with Crippen molar-refractivity contribution in [2.75, 3.05) is 33.3 Å². The predicted octanol–water partition coefficient (Wildman–Crippen LogP) is 4.33. The number of aromatic nitrogens is 3. The van der Waals surface area contributed by atoms with Gasteiger partial charge in [0, 0.05) is 44.0 Å². The van der Waals surface area contributed by atoms with E-state index >= 15 is 0 Å². The van der Waals surface area contributed by atoms with Crippen LogP contribution in [0.5, 0.6) is 5.75 Å². The average molecular weight is 540 g/mol. The molecule has 0 spiro atoms. The summed E-state index contributed by atoms with van der Waals surface area (Å²) in [5, 5.41) is 0. The van der Waals surface area contributed by atoms with Crippen LogP contribution in [0.2, 0.25) is 0 Å². The smallest absolute Gasteiger partial charge is 0.329 e. The van der Waals surface area contributed by atoms with Crippen LogP contribution >= 0.6 is 0 Å². The minimum Gasteiger partial charge on any atom is -0.497 e. The maximum atomic E-state index is 13.8. The molecule has 4 aromatic rings. The molecular formula is C32H37N5O3. The van der Waals surface area contributed by atoms with E-state index in [1.165, 1.54) is 5.56 Å². The number of carbonyl (C=O) groups is 1. The van der Waals surface area contributed by atoms with E-state index in [4.69, 9.17) is 4.74 Å². The van der Waals surface area contributed by atoms with Gasteiger partial charge in [-0.25, -0.2) is 4.79 Å². The summed E-state index contributed by atoms with van der Waals surface area (Å²) in [5.74, 6) is 1.17. The lowest BCUT2D eigenvalue weighted by molar-refractivity contribution is -0.138. The van der Waals surface area contributed by atoms with Crippen molar-refractivity contribution < 1.29 is 9.53 Å². The van der Waals surface area contributed by atoms with Gasteiger partial charge in [0.05, 0.1) is 24.7 Å². The number of piperidine rings is 2. The van der Waals surface area contributed by atoms with E-state index in [1.54, 1.807) is 7.11 Å². The lowest BCUT2D eigenvalue weighted by Gasteiger charge is -2.37. The first-order valence-corrected chi connectivity index (χ1v) is 14.3. The molecule has 6 rings (SSSR count). The van der Waals surface area contributed by atoms with Crippen molar-refractivity contribution in [3.63, 3.8) is 0 Å². The molecule has 208 valence electrons. The van der Waals surface area contributed by atoms with Gasteiger partial charge in [-0.3, -0.25) is 23.8 Å². The molecule has 0 N–H and O–H groups in total. The van der Waals surface area contributed by atoms with Crippen molar-refractivity contribution in [2.24, 2.45) is 5.92 Å². The number of amides is 1. The summed E-state index contributed by atoms with van der Waals surface area (Å²) in [7, 11) is 1.65. The monoisotopic (exact) mass is 539 g/mol. The number of carbonyl (C=O) groups excluding carboxylic acids is 1. The van der Waals surface area contributed by atoms with E-state index in [1.807, 2.05) is 75.0 Å². The highest BCUT2D eigenvalue weighted by Gasteiger charge is 2.32. The molecule has 0 bridgehead atoms. The first kappa shape index (κ1) is 26.3. The molecule has 0 atom stereocenters. The Balaban J connectivity index is 1.11. The number of methoxy groups -OCH3 is 1. The van der Waals surface area contributed by atoms with Crippen LogP contribution in [0.1, 0.15) is 42.9 Å². The van der Waals surface area contributed by atoms with Gasteiger partial charge in [0.15, 0.2) is 0 Å². The van der Waals surface area contributed by atoms with Crippen molar-refractivity contribution in [2.45, 2.75) is 44.8 Å². The van der Waals surface area contributed by atoms with Gasteiger partial charge in [0.1, 0.15) is 5.75 Å². The number of pyridine rings is 1. The zero-order valence-electron chi connectivity index (χ0n) is 23.1. The standard InChI is InChI=1S/C32H37N5O3/c1-40-28-6-4-5-25(21-28)23-36-29-7-2-3-8-30(29)37(32(36)39)27-13-19-35(20-14-27)31(38)26-11-17-34(18-12-26)22-24-9-15-33-16-10-24/h2-10,15-16,21,26-27H,11-14,17-20,22-23H2,1H3. The molecule has 2 aliphatic heterocycles. The Morgan fingerprint density at radius 1 is 0.850 bits per heavy atom. The second-order valence-corrected chi connectivity index (χ2v) is 11.0. The third kappa shape index (κ3) is 5.41. The summed E-state index contributed by atoms with van der Waals surface area (Å²) < 4.78 is 9.21. The highest BCUT2D eigenvalue weighted by molar-refractivity contribution is 5.79. The van der Waals surface area contributed by atoms with Crippen molar-refractivity contribution in [1.82, 2.24) is 23.9 Å². The average Bonchev–Trinajstić information content (AvgIpc) is 3.28. The zero-order valence-corrected chi connectivity index (χ0v) is 23.1. The maximum Gasteiger partial charge on any atom is 0.329 e. The number of hydrogen-bond acceptors (Lipinski definition) is 5. The number of benzene rings is 2. The zero-order chi connectivity index (χ0) is 27.5. The number of imidazole rings is 1. The van der Waals surface area contributed by atoms with Crippen LogP contribution in [0, 0.1) is 5.92 Å². The molecule has 8 nitrogen and oxygen atoms in total. The third-order valence-corrected chi connectivity index (χ3v) is 8.58. The van der Waals surface area contributed by atoms with E-state index in [9.17, 15) is 9.59 Å². The minimum absolute atomic E-state index is 0.00960. The van der Waals surface area contributed by atoms with Crippen LogP contribution in [0.3, 0.4) is 0 Å². The number of para-hydroxylation sites is 2. The Hall–Kier alpha value is -3.91. The van der Waals surface area contributed by atoms with Gasteiger partial charge in [-0.2, -0.15) is 0 Å². The largest absolute Gasteiger partial charge is 0.497 e. The Kier molecular flexibility index (Phi) is 7.68. The van der Waals surface area contributed by atoms with E-state index < -0.39 is 0 Å². The number of hydrogen-bond donors (Lipinski definition) is 0. The minimum atomic E-state index is 0.00960. The van der Waals surface area contributed by atoms with E-state index in [0.29, 0.717) is 19.6 Å².